The van der Waals surface area contributed by atoms with Crippen molar-refractivity contribution in [3.05, 3.63) is 18.2 Å². The van der Waals surface area contributed by atoms with Crippen molar-refractivity contribution in [3.63, 3.8) is 0 Å². The molecule has 10 nitrogen and oxygen atoms in total. The van der Waals surface area contributed by atoms with Gasteiger partial charge in [-0.05, 0) is 34.6 Å². The van der Waals surface area contributed by atoms with Gasteiger partial charge in [0.25, 0.3) is 0 Å². The number of fused-ring (bicyclic) bond motifs is 1. The van der Waals surface area contributed by atoms with Crippen LogP contribution in [0, 0.1) is 6.92 Å². The molecule has 3 aromatic heterocycles. The Labute approximate surface area is 175 Å². The van der Waals surface area contributed by atoms with Gasteiger partial charge < -0.3 is 19.5 Å². The Balaban J connectivity index is 1.54. The first-order chi connectivity index (χ1) is 14.2. The topological polar surface area (TPSA) is 103 Å². The average Bonchev–Trinajstić information content (AvgIpc) is 3.16. The maximum Gasteiger partial charge on any atom is 0.410 e. The fourth-order valence-electron chi connectivity index (χ4n) is 3.57. The van der Waals surface area contributed by atoms with Gasteiger partial charge >= 0.3 is 6.09 Å². The van der Waals surface area contributed by atoms with Crippen LogP contribution in [0.5, 0.6) is 0 Å². The highest BCUT2D eigenvalue weighted by Gasteiger charge is 2.34. The fourth-order valence-corrected chi connectivity index (χ4v) is 3.57. The molecule has 1 N–H and O–H groups in total. The lowest BCUT2D eigenvalue weighted by Gasteiger charge is -2.40. The molecule has 160 valence electrons. The minimum atomic E-state index is -0.498. The molecule has 0 aliphatic carbocycles. The largest absolute Gasteiger partial charge is 0.444 e. The average molecular weight is 412 g/mol. The Bertz CT molecular complexity index is 1090. The first-order valence-corrected chi connectivity index (χ1v) is 10.1. The Morgan fingerprint density at radius 2 is 2.03 bits per heavy atom. The Kier molecular flexibility index (Phi) is 4.87. The SMILES string of the molecule is CCn1ncc(-c2nc3c(NC4CN(C(=O)OC(C)(C)C)C4)ncnc3n2C)c1C. The van der Waals surface area contributed by atoms with Crippen LogP contribution in [0.1, 0.15) is 33.4 Å². The highest BCUT2D eigenvalue weighted by Crippen LogP contribution is 2.28. The van der Waals surface area contributed by atoms with Gasteiger partial charge in [-0.25, -0.2) is 19.7 Å². The smallest absolute Gasteiger partial charge is 0.410 e. The predicted molar refractivity (Wildman–Crippen MR) is 113 cm³/mol. The van der Waals surface area contributed by atoms with Crippen LogP contribution in [0.25, 0.3) is 22.6 Å². The third kappa shape index (κ3) is 3.57. The number of hydrogen-bond donors (Lipinski definition) is 1. The maximum absolute atomic E-state index is 12.1. The number of anilines is 1. The summed E-state index contributed by atoms with van der Waals surface area (Å²) in [5, 5.41) is 7.82. The van der Waals surface area contributed by atoms with Crippen molar-refractivity contribution in [1.82, 2.24) is 34.2 Å². The van der Waals surface area contributed by atoms with Crippen molar-refractivity contribution in [2.45, 2.75) is 52.8 Å². The number of imidazole rings is 1. The van der Waals surface area contributed by atoms with Crippen molar-refractivity contribution in [2.75, 3.05) is 18.4 Å². The van der Waals surface area contributed by atoms with E-state index in [0.717, 1.165) is 29.3 Å². The number of carbonyl (C=O) groups excluding carboxylic acids is 1. The van der Waals surface area contributed by atoms with Crippen molar-refractivity contribution >= 4 is 23.1 Å². The lowest BCUT2D eigenvalue weighted by atomic mass is 10.1. The minimum Gasteiger partial charge on any atom is -0.444 e. The molecule has 0 unspecified atom stereocenters. The molecule has 1 aliphatic heterocycles. The van der Waals surface area contributed by atoms with Crippen LogP contribution in [0.2, 0.25) is 0 Å². The molecule has 4 rings (SSSR count). The van der Waals surface area contributed by atoms with E-state index in [-0.39, 0.29) is 12.1 Å². The number of hydrogen-bond acceptors (Lipinski definition) is 7. The summed E-state index contributed by atoms with van der Waals surface area (Å²) >= 11 is 0. The first-order valence-electron chi connectivity index (χ1n) is 10.1. The van der Waals surface area contributed by atoms with Crippen molar-refractivity contribution in [1.29, 1.82) is 0 Å². The molecule has 0 saturated carbocycles. The maximum atomic E-state index is 12.1. The predicted octanol–water partition coefficient (Wildman–Crippen LogP) is 2.59. The van der Waals surface area contributed by atoms with E-state index in [1.54, 1.807) is 4.90 Å². The summed E-state index contributed by atoms with van der Waals surface area (Å²) in [5.74, 6) is 1.46. The number of nitrogens with one attached hydrogen (secondary N) is 1. The second-order valence-electron chi connectivity index (χ2n) is 8.57. The Hall–Kier alpha value is -3.17. The molecule has 1 aliphatic rings. The molecule has 0 bridgehead atoms. The number of rotatable bonds is 4. The quantitative estimate of drug-likeness (QED) is 0.702. The van der Waals surface area contributed by atoms with Gasteiger partial charge in [0.2, 0.25) is 0 Å². The molecular weight excluding hydrogens is 384 g/mol. The Morgan fingerprint density at radius 3 is 2.67 bits per heavy atom. The molecule has 0 radical (unpaired) electrons. The molecule has 1 amide bonds. The van der Waals surface area contributed by atoms with E-state index >= 15 is 0 Å². The van der Waals surface area contributed by atoms with Gasteiger partial charge in [0.15, 0.2) is 17.0 Å². The molecule has 4 heterocycles. The number of aromatic nitrogens is 6. The van der Waals surface area contributed by atoms with Crippen molar-refractivity contribution < 1.29 is 9.53 Å². The highest BCUT2D eigenvalue weighted by molar-refractivity contribution is 5.86. The molecule has 0 atom stereocenters. The van der Waals surface area contributed by atoms with Crippen molar-refractivity contribution in [2.24, 2.45) is 7.05 Å². The summed E-state index contributed by atoms with van der Waals surface area (Å²) in [6.45, 7) is 11.6. The molecule has 0 aromatic carbocycles. The summed E-state index contributed by atoms with van der Waals surface area (Å²) in [4.78, 5) is 27.5. The number of nitrogens with zero attached hydrogens (tertiary/aromatic N) is 7. The zero-order valence-corrected chi connectivity index (χ0v) is 18.3. The van der Waals surface area contributed by atoms with Crippen LogP contribution in [-0.4, -0.2) is 65.0 Å². The summed E-state index contributed by atoms with van der Waals surface area (Å²) in [6.07, 6.45) is 3.07. The zero-order chi connectivity index (χ0) is 21.6. The summed E-state index contributed by atoms with van der Waals surface area (Å²) < 4.78 is 9.31. The fraction of sp³-hybridized carbons (Fsp3) is 0.550. The Morgan fingerprint density at radius 1 is 1.30 bits per heavy atom. The second kappa shape index (κ2) is 7.26. The monoisotopic (exact) mass is 412 g/mol. The van der Waals surface area contributed by atoms with Crippen LogP contribution >= 0.6 is 0 Å². The molecule has 1 fully saturated rings. The number of ether oxygens (including phenoxy) is 1. The van der Waals surface area contributed by atoms with Gasteiger partial charge in [-0.3, -0.25) is 4.68 Å². The van der Waals surface area contributed by atoms with Crippen LogP contribution in [0.15, 0.2) is 12.5 Å². The van der Waals surface area contributed by atoms with E-state index < -0.39 is 5.60 Å². The zero-order valence-electron chi connectivity index (χ0n) is 18.3. The third-order valence-corrected chi connectivity index (χ3v) is 5.17. The van der Waals surface area contributed by atoms with Gasteiger partial charge in [-0.1, -0.05) is 0 Å². The van der Waals surface area contributed by atoms with E-state index in [0.29, 0.717) is 24.4 Å². The van der Waals surface area contributed by atoms with E-state index in [1.807, 2.05) is 50.2 Å². The van der Waals surface area contributed by atoms with E-state index in [2.05, 4.69) is 27.3 Å². The number of carbonyl (C=O) groups is 1. The second-order valence-corrected chi connectivity index (χ2v) is 8.57. The van der Waals surface area contributed by atoms with Crippen LogP contribution < -0.4 is 5.32 Å². The van der Waals surface area contributed by atoms with E-state index in [9.17, 15) is 4.79 Å². The molecule has 10 heteroatoms. The molecule has 3 aromatic rings. The lowest BCUT2D eigenvalue weighted by molar-refractivity contribution is 0.0105. The minimum absolute atomic E-state index is 0.0886. The first kappa shape index (κ1) is 20.1. The normalized spacial score (nSPS) is 14.8. The molecule has 0 spiro atoms. The summed E-state index contributed by atoms with van der Waals surface area (Å²) in [6, 6.07) is 0.0886. The number of aryl methyl sites for hydroxylation is 2. The van der Waals surface area contributed by atoms with Crippen LogP contribution in [-0.2, 0) is 18.3 Å². The van der Waals surface area contributed by atoms with Gasteiger partial charge in [0.1, 0.15) is 17.8 Å². The molecular formula is C20H28N8O2. The highest BCUT2D eigenvalue weighted by atomic mass is 16.6. The van der Waals surface area contributed by atoms with Crippen LogP contribution in [0.4, 0.5) is 10.6 Å². The van der Waals surface area contributed by atoms with Gasteiger partial charge in [0.05, 0.1) is 17.8 Å². The molecule has 1 saturated heterocycles. The van der Waals surface area contributed by atoms with Gasteiger partial charge in [-0.15, -0.1) is 0 Å². The molecule has 30 heavy (non-hydrogen) atoms. The van der Waals surface area contributed by atoms with Gasteiger partial charge in [-0.2, -0.15) is 5.10 Å². The van der Waals surface area contributed by atoms with E-state index in [4.69, 9.17) is 9.72 Å². The summed E-state index contributed by atoms with van der Waals surface area (Å²) in [5.41, 5.74) is 2.99. The third-order valence-electron chi connectivity index (χ3n) is 5.17. The van der Waals surface area contributed by atoms with Crippen molar-refractivity contribution in [3.8, 4) is 11.4 Å². The van der Waals surface area contributed by atoms with Gasteiger partial charge in [0, 0.05) is 32.4 Å². The lowest BCUT2D eigenvalue weighted by Crippen LogP contribution is -2.58. The summed E-state index contributed by atoms with van der Waals surface area (Å²) in [7, 11) is 1.94. The number of likely N-dealkylation sites (tertiary alicyclic amines) is 1. The number of amides is 1. The van der Waals surface area contributed by atoms with Crippen LogP contribution in [0.3, 0.4) is 0 Å². The standard InChI is InChI=1S/C20H28N8O2/c1-7-28-12(2)14(8-23-28)17-25-15-16(21-11-22-18(15)26(17)6)24-13-9-27(10-13)19(29)30-20(3,4)5/h8,11,13H,7,9-10H2,1-6H3,(H,21,22,24). The van der Waals surface area contributed by atoms with E-state index in [1.165, 1.54) is 6.33 Å².